The van der Waals surface area contributed by atoms with Crippen molar-refractivity contribution in [3.05, 3.63) is 193 Å². The summed E-state index contributed by atoms with van der Waals surface area (Å²) in [6.45, 7) is 0. The van der Waals surface area contributed by atoms with Crippen molar-refractivity contribution in [2.75, 3.05) is 4.90 Å². The molecule has 0 saturated carbocycles. The number of aliphatic imine (C=N–C) groups is 1. The topological polar surface area (TPSA) is 57.3 Å². The zero-order valence-electron chi connectivity index (χ0n) is 27.3. The number of para-hydroxylation sites is 4. The van der Waals surface area contributed by atoms with Crippen LogP contribution in [0, 0.1) is 5.41 Å². The molecule has 0 radical (unpaired) electrons. The fraction of sp³-hybridized carbons (Fsp3) is 0. The van der Waals surface area contributed by atoms with Gasteiger partial charge < -0.3 is 10.3 Å². The minimum atomic E-state index is 0.576. The molecule has 8 aromatic rings. The number of fused-ring (bicyclic) bond motifs is 2. The van der Waals surface area contributed by atoms with Gasteiger partial charge in [0.05, 0.1) is 22.4 Å². The van der Waals surface area contributed by atoms with Crippen LogP contribution in [-0.2, 0) is 0 Å². The van der Waals surface area contributed by atoms with Crippen molar-refractivity contribution >= 4 is 56.9 Å². The van der Waals surface area contributed by atoms with E-state index in [1.807, 2.05) is 72.8 Å². The average molecular weight is 644 g/mol. The van der Waals surface area contributed by atoms with Gasteiger partial charge in [-0.3, -0.25) is 9.56 Å². The number of anilines is 3. The molecule has 0 spiro atoms. The molecule has 5 heteroatoms. The van der Waals surface area contributed by atoms with E-state index in [2.05, 4.69) is 124 Å². The van der Waals surface area contributed by atoms with Crippen LogP contribution in [0.15, 0.2) is 187 Å². The SMILES string of the molecule is N=CC(=N/C=C/c1ccc(N(c2ccccc2)c2cccc3ccccc23)cc1)c1ccc(-c2nc3ccccc3n2-c2ccccc2)cc1. The third-order valence-electron chi connectivity index (χ3n) is 8.80. The molecule has 0 aliphatic heterocycles. The molecule has 0 saturated heterocycles. The number of nitrogens with one attached hydrogen (secondary N) is 1. The van der Waals surface area contributed by atoms with E-state index in [-0.39, 0.29) is 0 Å². The zero-order valence-corrected chi connectivity index (χ0v) is 27.3. The van der Waals surface area contributed by atoms with Crippen LogP contribution in [0.1, 0.15) is 11.1 Å². The molecular weight excluding hydrogens is 611 g/mol. The van der Waals surface area contributed by atoms with Gasteiger partial charge >= 0.3 is 0 Å². The van der Waals surface area contributed by atoms with E-state index in [1.54, 1.807) is 6.20 Å². The van der Waals surface area contributed by atoms with E-state index in [9.17, 15) is 0 Å². The normalized spacial score (nSPS) is 11.7. The van der Waals surface area contributed by atoms with E-state index in [0.29, 0.717) is 5.71 Å². The van der Waals surface area contributed by atoms with E-state index in [1.165, 1.54) is 17.0 Å². The fourth-order valence-electron chi connectivity index (χ4n) is 6.39. The predicted molar refractivity (Wildman–Crippen MR) is 209 cm³/mol. The molecule has 1 aromatic heterocycles. The Morgan fingerprint density at radius 2 is 1.28 bits per heavy atom. The second-order valence-electron chi connectivity index (χ2n) is 11.9. The van der Waals surface area contributed by atoms with Gasteiger partial charge in [-0.25, -0.2) is 4.98 Å². The summed E-state index contributed by atoms with van der Waals surface area (Å²) in [6.07, 6.45) is 5.02. The minimum absolute atomic E-state index is 0.576. The van der Waals surface area contributed by atoms with Crippen LogP contribution in [0.4, 0.5) is 17.1 Å². The molecule has 0 bridgehead atoms. The quantitative estimate of drug-likeness (QED) is 0.159. The van der Waals surface area contributed by atoms with Crippen LogP contribution in [0.3, 0.4) is 0 Å². The van der Waals surface area contributed by atoms with E-state index < -0.39 is 0 Å². The summed E-state index contributed by atoms with van der Waals surface area (Å²) in [7, 11) is 0. The second kappa shape index (κ2) is 13.7. The Morgan fingerprint density at radius 3 is 2.06 bits per heavy atom. The van der Waals surface area contributed by atoms with E-state index in [0.717, 1.165) is 56.3 Å². The molecule has 0 aliphatic carbocycles. The van der Waals surface area contributed by atoms with Gasteiger partial charge in [-0.2, -0.15) is 0 Å². The van der Waals surface area contributed by atoms with Crippen LogP contribution in [0.25, 0.3) is 45.0 Å². The molecule has 0 amide bonds. The molecular formula is C45H33N5. The Balaban J connectivity index is 1.05. The maximum atomic E-state index is 8.10. The molecule has 7 aromatic carbocycles. The fourth-order valence-corrected chi connectivity index (χ4v) is 6.39. The molecule has 8 rings (SSSR count). The average Bonchev–Trinajstić information content (AvgIpc) is 3.58. The first kappa shape index (κ1) is 30.5. The number of benzene rings is 7. The van der Waals surface area contributed by atoms with Crippen LogP contribution < -0.4 is 4.90 Å². The highest BCUT2D eigenvalue weighted by molar-refractivity contribution is 6.37. The molecule has 0 fully saturated rings. The molecule has 0 aliphatic rings. The van der Waals surface area contributed by atoms with Gasteiger partial charge in [0.25, 0.3) is 0 Å². The molecule has 5 nitrogen and oxygen atoms in total. The Labute approximate surface area is 291 Å². The summed E-state index contributed by atoms with van der Waals surface area (Å²) in [5.41, 5.74) is 9.78. The zero-order chi connectivity index (χ0) is 33.7. The maximum absolute atomic E-state index is 8.10. The summed E-state index contributed by atoms with van der Waals surface area (Å²) < 4.78 is 2.19. The summed E-state index contributed by atoms with van der Waals surface area (Å²) in [5, 5.41) is 10.5. The van der Waals surface area contributed by atoms with Crippen molar-refractivity contribution in [1.29, 1.82) is 5.41 Å². The monoisotopic (exact) mass is 643 g/mol. The van der Waals surface area contributed by atoms with Gasteiger partial charge in [0.2, 0.25) is 0 Å². The standard InChI is InChI=1S/C45H33N5/c46-32-42(35-24-26-36(27-25-35)45-48-41-19-9-10-20-44(41)50(45)38-16-5-2-6-17-38)47-31-30-33-22-28-39(29-23-33)49(37-14-3-1-4-15-37)43-21-11-13-34-12-7-8-18-40(34)43/h1-32,46H/b31-30+,46-32?,47-42?. The predicted octanol–water partition coefficient (Wildman–Crippen LogP) is 11.4. The summed E-state index contributed by atoms with van der Waals surface area (Å²) in [6, 6.07) is 60.4. The molecule has 0 atom stereocenters. The maximum Gasteiger partial charge on any atom is 0.145 e. The van der Waals surface area contributed by atoms with Crippen molar-refractivity contribution in [2.45, 2.75) is 0 Å². The highest BCUT2D eigenvalue weighted by Crippen LogP contribution is 2.38. The summed E-state index contributed by atoms with van der Waals surface area (Å²) >= 11 is 0. The van der Waals surface area contributed by atoms with Crippen molar-refractivity contribution < 1.29 is 0 Å². The Bertz CT molecular complexity index is 2470. The number of imidazole rings is 1. The molecule has 50 heavy (non-hydrogen) atoms. The summed E-state index contributed by atoms with van der Waals surface area (Å²) in [4.78, 5) is 11.9. The molecule has 1 N–H and O–H groups in total. The Hall–Kier alpha value is -6.85. The number of rotatable bonds is 9. The van der Waals surface area contributed by atoms with Crippen LogP contribution in [0.2, 0.25) is 0 Å². The molecule has 0 unspecified atom stereocenters. The highest BCUT2D eigenvalue weighted by Gasteiger charge is 2.16. The lowest BCUT2D eigenvalue weighted by molar-refractivity contribution is 1.10. The third-order valence-corrected chi connectivity index (χ3v) is 8.80. The van der Waals surface area contributed by atoms with Crippen LogP contribution >= 0.6 is 0 Å². The van der Waals surface area contributed by atoms with E-state index >= 15 is 0 Å². The first-order valence-corrected chi connectivity index (χ1v) is 16.6. The molecule has 238 valence electrons. The summed E-state index contributed by atoms with van der Waals surface area (Å²) in [5.74, 6) is 0.868. The number of hydrogen-bond acceptors (Lipinski definition) is 4. The molecule has 1 heterocycles. The van der Waals surface area contributed by atoms with Crippen molar-refractivity contribution in [3.8, 4) is 17.1 Å². The van der Waals surface area contributed by atoms with Gasteiger partial charge in [-0.05, 0) is 71.6 Å². The highest BCUT2D eigenvalue weighted by atomic mass is 15.1. The minimum Gasteiger partial charge on any atom is -0.310 e. The van der Waals surface area contributed by atoms with Gasteiger partial charge in [0.15, 0.2) is 0 Å². The lowest BCUT2D eigenvalue weighted by Gasteiger charge is -2.27. The lowest BCUT2D eigenvalue weighted by Crippen LogP contribution is -2.10. The van der Waals surface area contributed by atoms with Crippen molar-refractivity contribution in [2.24, 2.45) is 4.99 Å². The smallest absolute Gasteiger partial charge is 0.145 e. The third kappa shape index (κ3) is 6.00. The van der Waals surface area contributed by atoms with Gasteiger partial charge in [0.1, 0.15) is 5.82 Å². The number of aromatic nitrogens is 2. The first-order chi connectivity index (χ1) is 24.8. The first-order valence-electron chi connectivity index (χ1n) is 16.6. The second-order valence-corrected chi connectivity index (χ2v) is 11.9. The number of nitrogens with zero attached hydrogens (tertiary/aromatic N) is 4. The Morgan fingerprint density at radius 1 is 0.620 bits per heavy atom. The van der Waals surface area contributed by atoms with Crippen molar-refractivity contribution in [3.63, 3.8) is 0 Å². The van der Waals surface area contributed by atoms with E-state index in [4.69, 9.17) is 10.4 Å². The Kier molecular flexibility index (Phi) is 8.36. The lowest BCUT2D eigenvalue weighted by atomic mass is 10.1. The van der Waals surface area contributed by atoms with Gasteiger partial charge in [0, 0.05) is 46.0 Å². The van der Waals surface area contributed by atoms with Crippen LogP contribution in [-0.4, -0.2) is 21.5 Å². The van der Waals surface area contributed by atoms with Gasteiger partial charge in [-0.15, -0.1) is 0 Å². The van der Waals surface area contributed by atoms with Gasteiger partial charge in [-0.1, -0.05) is 121 Å². The largest absolute Gasteiger partial charge is 0.310 e. The van der Waals surface area contributed by atoms with Crippen molar-refractivity contribution in [1.82, 2.24) is 9.55 Å². The van der Waals surface area contributed by atoms with Crippen LogP contribution in [0.5, 0.6) is 0 Å². The number of hydrogen-bond donors (Lipinski definition) is 1.